The Morgan fingerprint density at radius 3 is 3.00 bits per heavy atom. The van der Waals surface area contributed by atoms with Crippen LogP contribution in [0.4, 0.5) is 5.69 Å². The van der Waals surface area contributed by atoms with Crippen LogP contribution in [0, 0.1) is 0 Å². The molecule has 100 valence electrons. The van der Waals surface area contributed by atoms with Crippen LogP contribution in [-0.4, -0.2) is 17.4 Å². The molecule has 7 heteroatoms. The van der Waals surface area contributed by atoms with Crippen LogP contribution in [0.25, 0.3) is 0 Å². The molecule has 3 N–H and O–H groups in total. The van der Waals surface area contributed by atoms with Gasteiger partial charge in [-0.15, -0.1) is 11.3 Å². The topological polar surface area (TPSA) is 68.0 Å². The van der Waals surface area contributed by atoms with Crippen LogP contribution < -0.4 is 11.1 Å². The van der Waals surface area contributed by atoms with E-state index in [-0.39, 0.29) is 11.1 Å². The van der Waals surface area contributed by atoms with E-state index in [0.717, 1.165) is 10.2 Å². The summed E-state index contributed by atoms with van der Waals surface area (Å²) in [6, 6.07) is 5.53. The molecule has 2 aromatic heterocycles. The highest BCUT2D eigenvalue weighted by molar-refractivity contribution is 9.11. The van der Waals surface area contributed by atoms with E-state index in [0.29, 0.717) is 17.8 Å². The minimum absolute atomic E-state index is 0.158. The van der Waals surface area contributed by atoms with Crippen molar-refractivity contribution in [1.82, 2.24) is 10.3 Å². The minimum Gasteiger partial charge on any atom is -0.397 e. The summed E-state index contributed by atoms with van der Waals surface area (Å²) in [4.78, 5) is 17.0. The maximum atomic E-state index is 11.9. The summed E-state index contributed by atoms with van der Waals surface area (Å²) in [7, 11) is 0. The quantitative estimate of drug-likeness (QED) is 0.823. The molecule has 0 unspecified atom stereocenters. The number of carbonyl (C=O) groups excluding carboxylic acids is 1. The van der Waals surface area contributed by atoms with Gasteiger partial charge in [-0.05, 0) is 40.5 Å². The van der Waals surface area contributed by atoms with E-state index < -0.39 is 0 Å². The summed E-state index contributed by atoms with van der Waals surface area (Å²) in [6.07, 6.45) is 2.19. The molecule has 4 nitrogen and oxygen atoms in total. The molecule has 0 atom stereocenters. The highest BCUT2D eigenvalue weighted by atomic mass is 79.9. The van der Waals surface area contributed by atoms with Crippen molar-refractivity contribution >= 4 is 50.5 Å². The van der Waals surface area contributed by atoms with E-state index in [2.05, 4.69) is 26.2 Å². The standard InChI is InChI=1S/C12H11BrClN3OS/c13-10-2-1-8(19-10)3-4-16-12(18)9-5-7(15)6-17-11(9)14/h1-2,5-6H,3-4,15H2,(H,16,18). The normalized spacial score (nSPS) is 10.4. The van der Waals surface area contributed by atoms with Gasteiger partial charge in [0.2, 0.25) is 0 Å². The molecule has 2 heterocycles. The lowest BCUT2D eigenvalue weighted by Crippen LogP contribution is -2.26. The third-order valence-corrected chi connectivity index (χ3v) is 4.38. The van der Waals surface area contributed by atoms with Gasteiger partial charge in [0.1, 0.15) is 5.15 Å². The van der Waals surface area contributed by atoms with Gasteiger partial charge in [0.05, 0.1) is 21.2 Å². The summed E-state index contributed by atoms with van der Waals surface area (Å²) in [5, 5.41) is 2.96. The number of hydrogen-bond donors (Lipinski definition) is 2. The molecule has 0 aliphatic heterocycles. The third kappa shape index (κ3) is 3.92. The Hall–Kier alpha value is -1.11. The van der Waals surface area contributed by atoms with Crippen molar-refractivity contribution in [2.75, 3.05) is 12.3 Å². The fourth-order valence-corrected chi connectivity index (χ4v) is 3.18. The van der Waals surface area contributed by atoms with Gasteiger partial charge in [-0.2, -0.15) is 0 Å². The minimum atomic E-state index is -0.263. The Kier molecular flexibility index (Phi) is 4.79. The second-order valence-corrected chi connectivity index (χ2v) is 6.72. The molecule has 0 saturated carbocycles. The fourth-order valence-electron chi connectivity index (χ4n) is 1.50. The van der Waals surface area contributed by atoms with Crippen LogP contribution in [0.1, 0.15) is 15.2 Å². The Labute approximate surface area is 128 Å². The van der Waals surface area contributed by atoms with E-state index in [1.807, 2.05) is 12.1 Å². The predicted octanol–water partition coefficient (Wildman–Crippen LogP) is 3.11. The summed E-state index contributed by atoms with van der Waals surface area (Å²) in [5.41, 5.74) is 6.30. The number of aromatic nitrogens is 1. The van der Waals surface area contributed by atoms with Gasteiger partial charge in [0, 0.05) is 11.4 Å². The molecule has 0 fully saturated rings. The second kappa shape index (κ2) is 6.36. The van der Waals surface area contributed by atoms with Gasteiger partial charge in [-0.1, -0.05) is 11.6 Å². The molecule has 0 saturated heterocycles. The first-order chi connectivity index (χ1) is 9.06. The maximum Gasteiger partial charge on any atom is 0.254 e. The number of pyridine rings is 1. The Bertz CT molecular complexity index is 602. The lowest BCUT2D eigenvalue weighted by atomic mass is 10.2. The number of nitrogens with two attached hydrogens (primary N) is 1. The molecular weight excluding hydrogens is 350 g/mol. The van der Waals surface area contributed by atoms with Crippen molar-refractivity contribution in [3.8, 4) is 0 Å². The van der Waals surface area contributed by atoms with Crippen LogP contribution in [-0.2, 0) is 6.42 Å². The van der Waals surface area contributed by atoms with E-state index in [9.17, 15) is 4.79 Å². The average molecular weight is 361 g/mol. The number of anilines is 1. The number of amides is 1. The number of rotatable bonds is 4. The first kappa shape index (κ1) is 14.3. The number of nitrogens with one attached hydrogen (secondary N) is 1. The molecule has 0 aromatic carbocycles. The molecule has 2 rings (SSSR count). The monoisotopic (exact) mass is 359 g/mol. The van der Waals surface area contributed by atoms with Crippen molar-refractivity contribution < 1.29 is 4.79 Å². The van der Waals surface area contributed by atoms with Crippen molar-refractivity contribution in [2.24, 2.45) is 0 Å². The maximum absolute atomic E-state index is 11.9. The Morgan fingerprint density at radius 2 is 2.32 bits per heavy atom. The van der Waals surface area contributed by atoms with Gasteiger partial charge in [-0.25, -0.2) is 4.98 Å². The van der Waals surface area contributed by atoms with Gasteiger partial charge in [0.15, 0.2) is 0 Å². The van der Waals surface area contributed by atoms with E-state index in [4.69, 9.17) is 17.3 Å². The number of nitrogen functional groups attached to an aromatic ring is 1. The summed E-state index contributed by atoms with van der Waals surface area (Å²) >= 11 is 10.9. The van der Waals surface area contributed by atoms with Crippen LogP contribution in [0.3, 0.4) is 0 Å². The largest absolute Gasteiger partial charge is 0.397 e. The molecule has 1 amide bonds. The SMILES string of the molecule is Nc1cnc(Cl)c(C(=O)NCCc2ccc(Br)s2)c1. The lowest BCUT2D eigenvalue weighted by Gasteiger charge is -2.06. The van der Waals surface area contributed by atoms with E-state index in [1.165, 1.54) is 17.1 Å². The fraction of sp³-hybridized carbons (Fsp3) is 0.167. The van der Waals surface area contributed by atoms with Gasteiger partial charge >= 0.3 is 0 Å². The zero-order chi connectivity index (χ0) is 13.8. The zero-order valence-corrected chi connectivity index (χ0v) is 13.0. The number of thiophene rings is 1. The second-order valence-electron chi connectivity index (χ2n) is 3.82. The van der Waals surface area contributed by atoms with Crippen molar-refractivity contribution in [3.63, 3.8) is 0 Å². The van der Waals surface area contributed by atoms with E-state index in [1.54, 1.807) is 11.3 Å². The van der Waals surface area contributed by atoms with Crippen LogP contribution in [0.5, 0.6) is 0 Å². The van der Waals surface area contributed by atoms with Gasteiger partial charge < -0.3 is 11.1 Å². The summed E-state index contributed by atoms with van der Waals surface area (Å²) in [5.74, 6) is -0.263. The number of carbonyl (C=O) groups is 1. The first-order valence-electron chi connectivity index (χ1n) is 5.49. The van der Waals surface area contributed by atoms with Crippen LogP contribution in [0.15, 0.2) is 28.2 Å². The highest BCUT2D eigenvalue weighted by Crippen LogP contribution is 2.22. The van der Waals surface area contributed by atoms with Gasteiger partial charge in [0.25, 0.3) is 5.91 Å². The predicted molar refractivity (Wildman–Crippen MR) is 81.7 cm³/mol. The van der Waals surface area contributed by atoms with Crippen LogP contribution in [0.2, 0.25) is 5.15 Å². The molecular formula is C12H11BrClN3OS. The zero-order valence-electron chi connectivity index (χ0n) is 9.82. The molecule has 0 spiro atoms. The summed E-state index contributed by atoms with van der Waals surface area (Å²) in [6.45, 7) is 0.539. The smallest absolute Gasteiger partial charge is 0.254 e. The van der Waals surface area contributed by atoms with Crippen molar-refractivity contribution in [2.45, 2.75) is 6.42 Å². The number of nitrogens with zero attached hydrogens (tertiary/aromatic N) is 1. The average Bonchev–Trinajstić information content (AvgIpc) is 2.78. The number of halogens is 2. The third-order valence-electron chi connectivity index (χ3n) is 2.39. The number of hydrogen-bond acceptors (Lipinski definition) is 4. The van der Waals surface area contributed by atoms with Crippen LogP contribution >= 0.6 is 38.9 Å². The summed E-state index contributed by atoms with van der Waals surface area (Å²) < 4.78 is 1.08. The Morgan fingerprint density at radius 1 is 1.53 bits per heavy atom. The van der Waals surface area contributed by atoms with Gasteiger partial charge in [-0.3, -0.25) is 4.79 Å². The molecule has 0 bridgehead atoms. The molecule has 2 aromatic rings. The van der Waals surface area contributed by atoms with Crippen molar-refractivity contribution in [3.05, 3.63) is 43.8 Å². The van der Waals surface area contributed by atoms with E-state index >= 15 is 0 Å². The Balaban J connectivity index is 1.92. The molecule has 19 heavy (non-hydrogen) atoms. The lowest BCUT2D eigenvalue weighted by molar-refractivity contribution is 0.0954. The molecule has 0 aliphatic carbocycles. The highest BCUT2D eigenvalue weighted by Gasteiger charge is 2.11. The van der Waals surface area contributed by atoms with Crippen molar-refractivity contribution in [1.29, 1.82) is 0 Å². The molecule has 0 aliphatic rings. The molecule has 0 radical (unpaired) electrons. The first-order valence-corrected chi connectivity index (χ1v) is 7.48.